The normalized spacial score (nSPS) is 10.2. The van der Waals surface area contributed by atoms with E-state index in [0.29, 0.717) is 18.7 Å². The number of aliphatic carboxylic acids is 1. The Kier molecular flexibility index (Phi) is 9.00. The maximum Gasteiger partial charge on any atom is 1.00 e. The molecule has 1 heterocycles. The van der Waals surface area contributed by atoms with Gasteiger partial charge in [-0.1, -0.05) is 13.3 Å². The van der Waals surface area contributed by atoms with E-state index < -0.39 is 5.97 Å². The molecule has 1 aromatic heterocycles. The van der Waals surface area contributed by atoms with Gasteiger partial charge < -0.3 is 24.5 Å². The molecule has 1 N–H and O–H groups in total. The minimum absolute atomic E-state index is 0. The standard InChI is InChI=1S/C17H22N2O4.K/c1-3-4-9-19(2)17(22)23-13-6-7-14-12(5-8-16(20)21)11-18-15(14)10-13;/h6-7,10-11,18H,3-5,8-9H2,1-2H3,(H,20,21);/q;+1/p-1. The number of aromatic amines is 1. The van der Waals surface area contributed by atoms with Crippen molar-refractivity contribution in [2.45, 2.75) is 32.6 Å². The Balaban J connectivity index is 0.00000288. The number of carbonyl (C=O) groups excluding carboxylic acids is 2. The fourth-order valence-electron chi connectivity index (χ4n) is 2.34. The summed E-state index contributed by atoms with van der Waals surface area (Å²) in [5, 5.41) is 11.5. The van der Waals surface area contributed by atoms with Crippen LogP contribution in [-0.2, 0) is 11.2 Å². The Morgan fingerprint density at radius 1 is 1.33 bits per heavy atom. The molecule has 0 aliphatic rings. The first-order valence-electron chi connectivity index (χ1n) is 7.74. The number of carbonyl (C=O) groups is 2. The number of amides is 1. The summed E-state index contributed by atoms with van der Waals surface area (Å²) >= 11 is 0. The van der Waals surface area contributed by atoms with E-state index in [4.69, 9.17) is 4.74 Å². The molecule has 7 heteroatoms. The van der Waals surface area contributed by atoms with Crippen LogP contribution >= 0.6 is 0 Å². The molecular weight excluding hydrogens is 335 g/mol. The van der Waals surface area contributed by atoms with Gasteiger partial charge in [0.25, 0.3) is 0 Å². The van der Waals surface area contributed by atoms with Crippen LogP contribution < -0.4 is 61.2 Å². The second-order valence-corrected chi connectivity index (χ2v) is 5.54. The summed E-state index contributed by atoms with van der Waals surface area (Å²) in [6, 6.07) is 5.28. The van der Waals surface area contributed by atoms with Gasteiger partial charge in [-0.15, -0.1) is 0 Å². The molecule has 1 aromatic carbocycles. The molecule has 0 aliphatic carbocycles. The van der Waals surface area contributed by atoms with Crippen molar-refractivity contribution in [2.75, 3.05) is 13.6 Å². The second kappa shape index (κ2) is 10.2. The van der Waals surface area contributed by atoms with E-state index in [0.717, 1.165) is 29.3 Å². The fourth-order valence-corrected chi connectivity index (χ4v) is 2.34. The van der Waals surface area contributed by atoms with Crippen molar-refractivity contribution in [3.8, 4) is 5.75 Å². The number of rotatable bonds is 7. The molecule has 1 amide bonds. The first-order chi connectivity index (χ1) is 11.0. The molecule has 0 atom stereocenters. The number of ether oxygens (including phenoxy) is 1. The van der Waals surface area contributed by atoms with Crippen LogP contribution in [0, 0.1) is 0 Å². The number of hydrogen-bond acceptors (Lipinski definition) is 4. The van der Waals surface area contributed by atoms with E-state index in [1.165, 1.54) is 0 Å². The van der Waals surface area contributed by atoms with Crippen molar-refractivity contribution in [2.24, 2.45) is 0 Å². The Morgan fingerprint density at radius 3 is 2.75 bits per heavy atom. The van der Waals surface area contributed by atoms with Gasteiger partial charge in [-0.3, -0.25) is 0 Å². The minimum Gasteiger partial charge on any atom is -0.550 e. The maximum atomic E-state index is 12.0. The van der Waals surface area contributed by atoms with Crippen molar-refractivity contribution in [1.82, 2.24) is 9.88 Å². The zero-order chi connectivity index (χ0) is 16.8. The number of aromatic nitrogens is 1. The third kappa shape index (κ3) is 5.89. The average molecular weight is 356 g/mol. The molecule has 24 heavy (non-hydrogen) atoms. The van der Waals surface area contributed by atoms with Gasteiger partial charge in [-0.25, -0.2) is 4.79 Å². The maximum absolute atomic E-state index is 12.0. The van der Waals surface area contributed by atoms with Crippen molar-refractivity contribution < 1.29 is 70.8 Å². The molecule has 124 valence electrons. The quantitative estimate of drug-likeness (QED) is 0.651. The largest absolute Gasteiger partial charge is 1.00 e. The molecular formula is C17H21KN2O4. The van der Waals surface area contributed by atoms with Crippen molar-refractivity contribution in [3.63, 3.8) is 0 Å². The smallest absolute Gasteiger partial charge is 0.550 e. The van der Waals surface area contributed by atoms with Gasteiger partial charge in [-0.2, -0.15) is 0 Å². The summed E-state index contributed by atoms with van der Waals surface area (Å²) in [7, 11) is 1.71. The van der Waals surface area contributed by atoms with Crippen LogP contribution in [0.4, 0.5) is 4.79 Å². The number of aryl methyl sites for hydroxylation is 1. The van der Waals surface area contributed by atoms with E-state index in [2.05, 4.69) is 11.9 Å². The number of benzene rings is 1. The van der Waals surface area contributed by atoms with E-state index in [9.17, 15) is 14.7 Å². The first-order valence-corrected chi connectivity index (χ1v) is 7.74. The van der Waals surface area contributed by atoms with Crippen LogP contribution in [0.1, 0.15) is 31.7 Å². The number of nitrogens with one attached hydrogen (secondary N) is 1. The van der Waals surface area contributed by atoms with Crippen LogP contribution in [0.2, 0.25) is 0 Å². The molecule has 0 fully saturated rings. The fraction of sp³-hybridized carbons (Fsp3) is 0.412. The number of hydrogen-bond donors (Lipinski definition) is 1. The molecule has 0 radical (unpaired) electrons. The van der Waals surface area contributed by atoms with Gasteiger partial charge in [0.2, 0.25) is 0 Å². The van der Waals surface area contributed by atoms with E-state index in [1.807, 2.05) is 6.07 Å². The predicted molar refractivity (Wildman–Crippen MR) is 85.2 cm³/mol. The summed E-state index contributed by atoms with van der Waals surface area (Å²) in [6.45, 7) is 2.73. The number of unbranched alkanes of at least 4 members (excludes halogenated alkanes) is 1. The summed E-state index contributed by atoms with van der Waals surface area (Å²) in [5.41, 5.74) is 1.71. The van der Waals surface area contributed by atoms with Gasteiger partial charge in [0, 0.05) is 42.7 Å². The molecule has 0 unspecified atom stereocenters. The van der Waals surface area contributed by atoms with Gasteiger partial charge >= 0.3 is 57.5 Å². The summed E-state index contributed by atoms with van der Waals surface area (Å²) in [4.78, 5) is 27.1. The number of carboxylic acids is 1. The molecule has 0 saturated carbocycles. The van der Waals surface area contributed by atoms with Gasteiger partial charge in [0.1, 0.15) is 5.75 Å². The summed E-state index contributed by atoms with van der Waals surface area (Å²) in [6.07, 6.45) is 3.71. The number of nitrogens with zero attached hydrogens (tertiary/aromatic N) is 1. The van der Waals surface area contributed by atoms with E-state index in [1.54, 1.807) is 30.3 Å². The molecule has 0 spiro atoms. The van der Waals surface area contributed by atoms with Gasteiger partial charge in [0.05, 0.1) is 0 Å². The first kappa shape index (κ1) is 21.2. The Bertz CT molecular complexity index is 699. The van der Waals surface area contributed by atoms with Crippen molar-refractivity contribution in [3.05, 3.63) is 30.0 Å². The Labute approximate surface area is 184 Å². The van der Waals surface area contributed by atoms with Crippen LogP contribution in [0.3, 0.4) is 0 Å². The molecule has 2 aromatic rings. The third-order valence-electron chi connectivity index (χ3n) is 3.70. The zero-order valence-electron chi connectivity index (χ0n) is 14.4. The number of carboxylic acid groups (broad SMARTS) is 1. The van der Waals surface area contributed by atoms with Crippen LogP contribution in [-0.4, -0.2) is 35.5 Å². The number of fused-ring (bicyclic) bond motifs is 1. The van der Waals surface area contributed by atoms with Crippen molar-refractivity contribution >= 4 is 23.0 Å². The Hall–Kier alpha value is -0.864. The van der Waals surface area contributed by atoms with Gasteiger partial charge in [-0.05, 0) is 37.0 Å². The topological polar surface area (TPSA) is 85.5 Å². The molecule has 2 rings (SSSR count). The number of H-pyrrole nitrogens is 1. The molecule has 0 aliphatic heterocycles. The van der Waals surface area contributed by atoms with E-state index >= 15 is 0 Å². The van der Waals surface area contributed by atoms with Crippen LogP contribution in [0.15, 0.2) is 24.4 Å². The summed E-state index contributed by atoms with van der Waals surface area (Å²) in [5.74, 6) is -0.612. The van der Waals surface area contributed by atoms with Crippen molar-refractivity contribution in [1.29, 1.82) is 0 Å². The van der Waals surface area contributed by atoms with E-state index in [-0.39, 0.29) is 63.9 Å². The molecule has 0 bridgehead atoms. The van der Waals surface area contributed by atoms with Crippen LogP contribution in [0.25, 0.3) is 10.9 Å². The third-order valence-corrected chi connectivity index (χ3v) is 3.70. The van der Waals surface area contributed by atoms with Gasteiger partial charge in [0.15, 0.2) is 0 Å². The average Bonchev–Trinajstić information content (AvgIpc) is 2.92. The Morgan fingerprint density at radius 2 is 2.08 bits per heavy atom. The zero-order valence-corrected chi connectivity index (χ0v) is 17.5. The SMILES string of the molecule is CCCCN(C)C(=O)Oc1ccc2c(CCC(=O)[O-])c[nH]c2c1.[K+]. The summed E-state index contributed by atoms with van der Waals surface area (Å²) < 4.78 is 5.35. The molecule has 6 nitrogen and oxygen atoms in total. The minimum atomic E-state index is -1.07. The molecule has 0 saturated heterocycles. The monoisotopic (exact) mass is 356 g/mol. The second-order valence-electron chi connectivity index (χ2n) is 5.54. The predicted octanol–water partition coefficient (Wildman–Crippen LogP) is -0.915. The van der Waals surface area contributed by atoms with Crippen LogP contribution in [0.5, 0.6) is 5.75 Å².